The van der Waals surface area contributed by atoms with E-state index in [1.807, 2.05) is 62.4 Å². The summed E-state index contributed by atoms with van der Waals surface area (Å²) in [6.07, 6.45) is 1.46. The van der Waals surface area contributed by atoms with E-state index in [0.29, 0.717) is 11.5 Å². The van der Waals surface area contributed by atoms with Gasteiger partial charge in [-0.25, -0.2) is 5.43 Å². The fourth-order valence-corrected chi connectivity index (χ4v) is 2.70. The van der Waals surface area contributed by atoms with E-state index in [9.17, 15) is 4.79 Å². The number of hydrogen-bond donors (Lipinski definition) is 1. The van der Waals surface area contributed by atoms with Crippen molar-refractivity contribution >= 4 is 34.7 Å². The number of amides is 1. The third kappa shape index (κ3) is 5.43. The predicted molar refractivity (Wildman–Crippen MR) is 114 cm³/mol. The average Bonchev–Trinajstić information content (AvgIpc) is 3.12. The standard InChI is InChI=1S/C21H19IN2O3/c1-14-3-8-18(11-15(14)2)26-13-21(25)24-23-12-19-9-10-20(27-19)16-4-6-17(22)7-5-16/h3-12H,13H2,1-2H3,(H,24,25)/b23-12-. The molecule has 1 heterocycles. The molecule has 5 nitrogen and oxygen atoms in total. The molecule has 0 bridgehead atoms. The molecule has 0 saturated heterocycles. The van der Waals surface area contributed by atoms with Gasteiger partial charge in [0, 0.05) is 9.13 Å². The largest absolute Gasteiger partial charge is 0.484 e. The van der Waals surface area contributed by atoms with Gasteiger partial charge in [-0.3, -0.25) is 4.79 Å². The molecular formula is C21H19IN2O3. The summed E-state index contributed by atoms with van der Waals surface area (Å²) < 4.78 is 12.3. The first kappa shape index (κ1) is 19.2. The third-order valence-corrected chi connectivity index (χ3v) is 4.70. The Bertz CT molecular complexity index is 962. The van der Waals surface area contributed by atoms with Crippen LogP contribution in [0.2, 0.25) is 0 Å². The van der Waals surface area contributed by atoms with Gasteiger partial charge in [0.2, 0.25) is 0 Å². The van der Waals surface area contributed by atoms with Crippen molar-refractivity contribution in [2.24, 2.45) is 5.10 Å². The highest BCUT2D eigenvalue weighted by atomic mass is 127. The lowest BCUT2D eigenvalue weighted by molar-refractivity contribution is -0.123. The molecule has 3 aromatic rings. The third-order valence-electron chi connectivity index (χ3n) is 3.98. The normalized spacial score (nSPS) is 10.9. The Kier molecular flexibility index (Phi) is 6.28. The second-order valence-corrected chi connectivity index (χ2v) is 7.28. The number of furan rings is 1. The SMILES string of the molecule is Cc1ccc(OCC(=O)N/N=C\c2ccc(-c3ccc(I)cc3)o2)cc1C. The van der Waals surface area contributed by atoms with Crippen molar-refractivity contribution in [3.05, 3.63) is 75.1 Å². The van der Waals surface area contributed by atoms with Crippen LogP contribution in [0.3, 0.4) is 0 Å². The minimum Gasteiger partial charge on any atom is -0.484 e. The van der Waals surface area contributed by atoms with Crippen molar-refractivity contribution in [3.8, 4) is 17.1 Å². The van der Waals surface area contributed by atoms with Gasteiger partial charge in [0.25, 0.3) is 5.91 Å². The van der Waals surface area contributed by atoms with Crippen molar-refractivity contribution in [3.63, 3.8) is 0 Å². The van der Waals surface area contributed by atoms with Gasteiger partial charge in [-0.1, -0.05) is 18.2 Å². The number of aryl methyl sites for hydroxylation is 2. The van der Waals surface area contributed by atoms with Crippen molar-refractivity contribution < 1.29 is 13.9 Å². The van der Waals surface area contributed by atoms with Crippen LogP contribution in [-0.4, -0.2) is 18.7 Å². The number of rotatable bonds is 6. The number of halogens is 1. The van der Waals surface area contributed by atoms with Crippen LogP contribution >= 0.6 is 22.6 Å². The Morgan fingerprint density at radius 1 is 1.11 bits per heavy atom. The van der Waals surface area contributed by atoms with Gasteiger partial charge in [-0.05, 0) is 84.0 Å². The van der Waals surface area contributed by atoms with Gasteiger partial charge >= 0.3 is 0 Å². The first-order chi connectivity index (χ1) is 13.0. The Balaban J connectivity index is 1.50. The van der Waals surface area contributed by atoms with Gasteiger partial charge < -0.3 is 9.15 Å². The molecule has 0 unspecified atom stereocenters. The molecule has 0 fully saturated rings. The molecule has 2 aromatic carbocycles. The summed E-state index contributed by atoms with van der Waals surface area (Å²) in [6.45, 7) is 3.92. The van der Waals surface area contributed by atoms with E-state index in [0.717, 1.165) is 20.5 Å². The number of nitrogens with zero attached hydrogens (tertiary/aromatic N) is 1. The highest BCUT2D eigenvalue weighted by Gasteiger charge is 2.05. The summed E-state index contributed by atoms with van der Waals surface area (Å²) in [5.74, 6) is 1.62. The lowest BCUT2D eigenvalue weighted by atomic mass is 10.1. The van der Waals surface area contributed by atoms with Gasteiger partial charge in [0.15, 0.2) is 6.61 Å². The van der Waals surface area contributed by atoms with Crippen LogP contribution < -0.4 is 10.2 Å². The van der Waals surface area contributed by atoms with E-state index in [2.05, 4.69) is 33.1 Å². The quantitative estimate of drug-likeness (QED) is 0.320. The number of carbonyl (C=O) groups excluding carboxylic acids is 1. The molecule has 0 aliphatic carbocycles. The molecular weight excluding hydrogens is 455 g/mol. The molecule has 138 valence electrons. The fraction of sp³-hybridized carbons (Fsp3) is 0.143. The van der Waals surface area contributed by atoms with Crippen LogP contribution in [0.15, 0.2) is 64.1 Å². The van der Waals surface area contributed by atoms with Crippen molar-refractivity contribution in [1.29, 1.82) is 0 Å². The van der Waals surface area contributed by atoms with E-state index >= 15 is 0 Å². The van der Waals surface area contributed by atoms with Crippen LogP contribution in [0.25, 0.3) is 11.3 Å². The predicted octanol–water partition coefficient (Wildman–Crippen LogP) is 4.70. The summed E-state index contributed by atoms with van der Waals surface area (Å²) in [7, 11) is 0. The van der Waals surface area contributed by atoms with E-state index in [-0.39, 0.29) is 12.5 Å². The Morgan fingerprint density at radius 3 is 2.63 bits per heavy atom. The number of carbonyl (C=O) groups is 1. The maximum atomic E-state index is 11.8. The van der Waals surface area contributed by atoms with Crippen LogP contribution in [0, 0.1) is 17.4 Å². The summed E-state index contributed by atoms with van der Waals surface area (Å²) in [5.41, 5.74) is 5.71. The maximum Gasteiger partial charge on any atom is 0.277 e. The van der Waals surface area contributed by atoms with Gasteiger partial charge in [-0.15, -0.1) is 0 Å². The van der Waals surface area contributed by atoms with Crippen molar-refractivity contribution in [2.45, 2.75) is 13.8 Å². The lowest BCUT2D eigenvalue weighted by Gasteiger charge is -2.07. The monoisotopic (exact) mass is 474 g/mol. The fourth-order valence-electron chi connectivity index (χ4n) is 2.34. The summed E-state index contributed by atoms with van der Waals surface area (Å²) in [4.78, 5) is 11.8. The zero-order chi connectivity index (χ0) is 19.2. The van der Waals surface area contributed by atoms with Crippen molar-refractivity contribution in [2.75, 3.05) is 6.61 Å². The molecule has 3 rings (SSSR count). The van der Waals surface area contributed by atoms with Gasteiger partial charge in [-0.2, -0.15) is 5.10 Å². The first-order valence-electron chi connectivity index (χ1n) is 8.39. The van der Waals surface area contributed by atoms with Crippen LogP contribution in [0.4, 0.5) is 0 Å². The molecule has 0 aliphatic rings. The molecule has 1 amide bonds. The van der Waals surface area contributed by atoms with E-state index in [1.165, 1.54) is 11.8 Å². The summed E-state index contributed by atoms with van der Waals surface area (Å²) in [5, 5.41) is 3.91. The Hall–Kier alpha value is -2.61. The summed E-state index contributed by atoms with van der Waals surface area (Å²) in [6, 6.07) is 17.4. The Morgan fingerprint density at radius 2 is 1.89 bits per heavy atom. The minimum atomic E-state index is -0.339. The summed E-state index contributed by atoms with van der Waals surface area (Å²) >= 11 is 2.26. The van der Waals surface area contributed by atoms with E-state index in [4.69, 9.17) is 9.15 Å². The number of hydrazone groups is 1. The minimum absolute atomic E-state index is 0.105. The number of nitrogens with one attached hydrogen (secondary N) is 1. The second kappa shape index (κ2) is 8.85. The van der Waals surface area contributed by atoms with Crippen LogP contribution in [-0.2, 0) is 4.79 Å². The topological polar surface area (TPSA) is 63.8 Å². The molecule has 27 heavy (non-hydrogen) atoms. The zero-order valence-electron chi connectivity index (χ0n) is 15.0. The molecule has 0 radical (unpaired) electrons. The number of ether oxygens (including phenoxy) is 1. The maximum absolute atomic E-state index is 11.8. The average molecular weight is 474 g/mol. The van der Waals surface area contributed by atoms with Crippen LogP contribution in [0.5, 0.6) is 5.75 Å². The van der Waals surface area contributed by atoms with E-state index in [1.54, 1.807) is 6.07 Å². The molecule has 6 heteroatoms. The molecule has 0 spiro atoms. The lowest BCUT2D eigenvalue weighted by Crippen LogP contribution is -2.24. The number of benzene rings is 2. The van der Waals surface area contributed by atoms with Gasteiger partial charge in [0.1, 0.15) is 17.3 Å². The molecule has 0 atom stereocenters. The zero-order valence-corrected chi connectivity index (χ0v) is 17.2. The van der Waals surface area contributed by atoms with Crippen LogP contribution in [0.1, 0.15) is 16.9 Å². The molecule has 1 aromatic heterocycles. The highest BCUT2D eigenvalue weighted by molar-refractivity contribution is 14.1. The van der Waals surface area contributed by atoms with E-state index < -0.39 is 0 Å². The van der Waals surface area contributed by atoms with Crippen molar-refractivity contribution in [1.82, 2.24) is 5.43 Å². The first-order valence-corrected chi connectivity index (χ1v) is 9.47. The molecule has 0 aliphatic heterocycles. The smallest absolute Gasteiger partial charge is 0.277 e. The molecule has 0 saturated carbocycles. The second-order valence-electron chi connectivity index (χ2n) is 6.04. The Labute approximate surface area is 171 Å². The number of hydrogen-bond acceptors (Lipinski definition) is 4. The highest BCUT2D eigenvalue weighted by Crippen LogP contribution is 2.22. The molecule has 1 N–H and O–H groups in total. The van der Waals surface area contributed by atoms with Gasteiger partial charge in [0.05, 0.1) is 6.21 Å².